The minimum atomic E-state index is -2.58. The average molecular weight is 305 g/mol. The lowest BCUT2D eigenvalue weighted by Crippen LogP contribution is -2.41. The second kappa shape index (κ2) is 10.2. The molecule has 3 N–H and O–H groups in total. The normalized spacial score (nSPS) is 14.1. The molecule has 1 atom stereocenters. The molecular formula is C9H20O3S4. The molecule has 0 aromatic heterocycles. The Morgan fingerprint density at radius 1 is 1.12 bits per heavy atom. The smallest absolute Gasteiger partial charge is 0.288 e. The maximum absolute atomic E-state index is 9.18. The second-order valence-corrected chi connectivity index (χ2v) is 7.34. The van der Waals surface area contributed by atoms with Gasteiger partial charge in [-0.2, -0.15) is 36.2 Å². The Morgan fingerprint density at radius 3 is 2.31 bits per heavy atom. The number of thiol groups is 1. The van der Waals surface area contributed by atoms with Gasteiger partial charge in [-0.3, -0.25) is 0 Å². The van der Waals surface area contributed by atoms with Crippen molar-refractivity contribution in [2.45, 2.75) is 18.1 Å². The molecule has 0 rings (SSSR count). The van der Waals surface area contributed by atoms with Crippen LogP contribution in [0.4, 0.5) is 0 Å². The van der Waals surface area contributed by atoms with Gasteiger partial charge in [-0.15, -0.1) is 11.8 Å². The lowest BCUT2D eigenvalue weighted by molar-refractivity contribution is -0.307. The average Bonchev–Trinajstić information content (AvgIpc) is 2.20. The first-order valence-electron chi connectivity index (χ1n) is 5.07. The van der Waals surface area contributed by atoms with E-state index in [-0.39, 0.29) is 0 Å². The SMILES string of the molecule is CCSCCSC(CSCCS)C(O)(O)O. The van der Waals surface area contributed by atoms with Crippen LogP contribution in [0, 0.1) is 0 Å². The van der Waals surface area contributed by atoms with Crippen LogP contribution in [0.15, 0.2) is 0 Å². The van der Waals surface area contributed by atoms with Gasteiger partial charge in [-0.1, -0.05) is 6.92 Å². The van der Waals surface area contributed by atoms with Gasteiger partial charge in [0, 0.05) is 23.0 Å². The summed E-state index contributed by atoms with van der Waals surface area (Å²) in [4.78, 5) is 0. The van der Waals surface area contributed by atoms with E-state index >= 15 is 0 Å². The van der Waals surface area contributed by atoms with E-state index in [0.29, 0.717) is 5.75 Å². The molecule has 0 aromatic rings. The Kier molecular flexibility index (Phi) is 11.0. The fourth-order valence-corrected chi connectivity index (χ4v) is 4.37. The third-order valence-electron chi connectivity index (χ3n) is 1.69. The zero-order valence-electron chi connectivity index (χ0n) is 9.33. The molecule has 0 amide bonds. The highest BCUT2D eigenvalue weighted by atomic mass is 32.2. The van der Waals surface area contributed by atoms with Gasteiger partial charge in [-0.05, 0) is 11.5 Å². The Balaban J connectivity index is 3.82. The highest BCUT2D eigenvalue weighted by Gasteiger charge is 2.32. The third kappa shape index (κ3) is 9.32. The van der Waals surface area contributed by atoms with E-state index in [1.54, 1.807) is 23.5 Å². The summed E-state index contributed by atoms with van der Waals surface area (Å²) in [5.41, 5.74) is 0. The number of rotatable bonds is 10. The Morgan fingerprint density at radius 2 is 1.81 bits per heavy atom. The van der Waals surface area contributed by atoms with E-state index < -0.39 is 11.2 Å². The quantitative estimate of drug-likeness (QED) is 0.276. The summed E-state index contributed by atoms with van der Waals surface area (Å²) < 4.78 is 0. The first-order valence-corrected chi connectivity index (χ1v) is 9.06. The topological polar surface area (TPSA) is 60.7 Å². The van der Waals surface area contributed by atoms with Crippen LogP contribution in [0.3, 0.4) is 0 Å². The molecule has 0 radical (unpaired) electrons. The van der Waals surface area contributed by atoms with Gasteiger partial charge in [0.25, 0.3) is 5.97 Å². The standard InChI is InChI=1S/C9H20O3S4/c1-2-14-5-6-16-8(9(10,11)12)7-15-4-3-13/h8,10-13H,2-7H2,1H3. The molecule has 0 heterocycles. The van der Waals surface area contributed by atoms with Crippen molar-refractivity contribution in [1.29, 1.82) is 0 Å². The van der Waals surface area contributed by atoms with Crippen LogP contribution >= 0.6 is 47.9 Å². The molecule has 0 fully saturated rings. The van der Waals surface area contributed by atoms with Crippen LogP contribution in [0.1, 0.15) is 6.92 Å². The van der Waals surface area contributed by atoms with Crippen LogP contribution in [0.5, 0.6) is 0 Å². The molecule has 0 aliphatic carbocycles. The fraction of sp³-hybridized carbons (Fsp3) is 1.00. The van der Waals surface area contributed by atoms with Crippen molar-refractivity contribution in [3.63, 3.8) is 0 Å². The predicted octanol–water partition coefficient (Wildman–Crippen LogP) is 1.13. The largest absolute Gasteiger partial charge is 0.343 e. The lowest BCUT2D eigenvalue weighted by Gasteiger charge is -2.25. The Bertz CT molecular complexity index is 163. The van der Waals surface area contributed by atoms with Crippen LogP contribution in [-0.4, -0.2) is 61.1 Å². The predicted molar refractivity (Wildman–Crippen MR) is 79.8 cm³/mol. The van der Waals surface area contributed by atoms with E-state index in [1.165, 1.54) is 11.8 Å². The van der Waals surface area contributed by atoms with Gasteiger partial charge < -0.3 is 15.3 Å². The van der Waals surface area contributed by atoms with Crippen molar-refractivity contribution in [1.82, 2.24) is 0 Å². The zero-order valence-corrected chi connectivity index (χ0v) is 12.7. The van der Waals surface area contributed by atoms with Gasteiger partial charge in [0.1, 0.15) is 0 Å². The monoisotopic (exact) mass is 304 g/mol. The first kappa shape index (κ1) is 17.3. The van der Waals surface area contributed by atoms with Gasteiger partial charge >= 0.3 is 0 Å². The summed E-state index contributed by atoms with van der Waals surface area (Å²) in [6.45, 7) is 2.09. The van der Waals surface area contributed by atoms with Gasteiger partial charge in [0.15, 0.2) is 0 Å². The van der Waals surface area contributed by atoms with E-state index in [9.17, 15) is 15.3 Å². The van der Waals surface area contributed by atoms with Gasteiger partial charge in [0.2, 0.25) is 0 Å². The van der Waals surface area contributed by atoms with Crippen LogP contribution in [0.25, 0.3) is 0 Å². The molecule has 0 aliphatic rings. The molecule has 0 bridgehead atoms. The van der Waals surface area contributed by atoms with E-state index in [4.69, 9.17) is 0 Å². The summed E-state index contributed by atoms with van der Waals surface area (Å²) in [6, 6.07) is 0. The first-order chi connectivity index (χ1) is 7.52. The minimum Gasteiger partial charge on any atom is -0.343 e. The lowest BCUT2D eigenvalue weighted by atomic mass is 10.4. The summed E-state index contributed by atoms with van der Waals surface area (Å²) in [7, 11) is 0. The number of hydrogen-bond donors (Lipinski definition) is 4. The van der Waals surface area contributed by atoms with E-state index in [1.807, 2.05) is 0 Å². The molecular weight excluding hydrogens is 284 g/mol. The van der Waals surface area contributed by atoms with Crippen LogP contribution in [0.2, 0.25) is 0 Å². The summed E-state index contributed by atoms with van der Waals surface area (Å²) >= 11 is 8.85. The fourth-order valence-electron chi connectivity index (χ4n) is 0.920. The van der Waals surface area contributed by atoms with Crippen molar-refractivity contribution in [2.24, 2.45) is 0 Å². The van der Waals surface area contributed by atoms with Crippen LogP contribution < -0.4 is 0 Å². The van der Waals surface area contributed by atoms with Crippen molar-refractivity contribution < 1.29 is 15.3 Å². The third-order valence-corrected chi connectivity index (χ3v) is 5.97. The van der Waals surface area contributed by atoms with Crippen molar-refractivity contribution in [2.75, 3.05) is 34.5 Å². The molecule has 0 aromatic carbocycles. The molecule has 0 spiro atoms. The van der Waals surface area contributed by atoms with Gasteiger partial charge in [-0.25, -0.2) is 0 Å². The maximum Gasteiger partial charge on any atom is 0.288 e. The van der Waals surface area contributed by atoms with Gasteiger partial charge in [0.05, 0.1) is 5.25 Å². The molecule has 98 valence electrons. The minimum absolute atomic E-state index is 0.519. The molecule has 0 saturated carbocycles. The van der Waals surface area contributed by atoms with Crippen molar-refractivity contribution >= 4 is 47.9 Å². The molecule has 3 nitrogen and oxygen atoms in total. The molecule has 7 heteroatoms. The second-order valence-electron chi connectivity index (χ2n) is 3.04. The summed E-state index contributed by atoms with van der Waals surface area (Å²) in [5, 5.41) is 27.0. The summed E-state index contributed by atoms with van der Waals surface area (Å²) in [5.74, 6) is 2.38. The van der Waals surface area contributed by atoms with Crippen molar-refractivity contribution in [3.05, 3.63) is 0 Å². The highest BCUT2D eigenvalue weighted by Crippen LogP contribution is 2.24. The molecule has 16 heavy (non-hydrogen) atoms. The van der Waals surface area contributed by atoms with E-state index in [2.05, 4.69) is 19.6 Å². The number of thioether (sulfide) groups is 3. The van der Waals surface area contributed by atoms with E-state index in [0.717, 1.165) is 28.8 Å². The zero-order chi connectivity index (χ0) is 12.4. The Hall–Kier alpha value is 1.28. The maximum atomic E-state index is 9.18. The Labute approximate surface area is 116 Å². The molecule has 0 saturated heterocycles. The highest BCUT2D eigenvalue weighted by molar-refractivity contribution is 8.05. The summed E-state index contributed by atoms with van der Waals surface area (Å²) in [6.07, 6.45) is 0. The molecule has 0 aliphatic heterocycles. The number of aliphatic hydroxyl groups is 3. The van der Waals surface area contributed by atoms with Crippen LogP contribution in [-0.2, 0) is 0 Å². The number of hydrogen-bond acceptors (Lipinski definition) is 7. The molecule has 1 unspecified atom stereocenters. The van der Waals surface area contributed by atoms with Crippen molar-refractivity contribution in [3.8, 4) is 0 Å².